The second kappa shape index (κ2) is 7.90. The summed E-state index contributed by atoms with van der Waals surface area (Å²) in [6.45, 7) is 7.00. The highest BCUT2D eigenvalue weighted by atomic mass is 16.5. The molecule has 1 N–H and O–H groups in total. The highest BCUT2D eigenvalue weighted by Crippen LogP contribution is 2.24. The fourth-order valence-corrected chi connectivity index (χ4v) is 2.25. The van der Waals surface area contributed by atoms with Crippen LogP contribution >= 0.6 is 0 Å². The van der Waals surface area contributed by atoms with E-state index in [9.17, 15) is 4.79 Å². The summed E-state index contributed by atoms with van der Waals surface area (Å²) >= 11 is 0. The lowest BCUT2D eigenvalue weighted by molar-refractivity contribution is -0.141. The molecule has 0 aromatic heterocycles. The Hall–Kier alpha value is -1.55. The van der Waals surface area contributed by atoms with Gasteiger partial charge in [-0.1, -0.05) is 13.0 Å². The molecule has 0 aliphatic heterocycles. The van der Waals surface area contributed by atoms with Gasteiger partial charge in [0.25, 0.3) is 0 Å². The molecular weight excluding hydrogens is 254 g/mol. The van der Waals surface area contributed by atoms with Gasteiger partial charge in [0.2, 0.25) is 0 Å². The van der Waals surface area contributed by atoms with Crippen molar-refractivity contribution in [2.75, 3.05) is 20.8 Å². The third-order valence-corrected chi connectivity index (χ3v) is 3.50. The van der Waals surface area contributed by atoms with Crippen LogP contribution in [0.25, 0.3) is 0 Å². The molecule has 0 radical (unpaired) electrons. The van der Waals surface area contributed by atoms with Crippen molar-refractivity contribution in [2.24, 2.45) is 0 Å². The molecule has 0 heterocycles. The number of methoxy groups -OCH3 is 2. The van der Waals surface area contributed by atoms with Crippen molar-refractivity contribution in [3.8, 4) is 5.75 Å². The number of carbonyl (C=O) groups excluding carboxylic acids is 1. The van der Waals surface area contributed by atoms with Crippen molar-refractivity contribution in [1.82, 2.24) is 5.32 Å². The summed E-state index contributed by atoms with van der Waals surface area (Å²) in [6.07, 6.45) is 1.10. The van der Waals surface area contributed by atoms with Crippen LogP contribution in [-0.2, 0) is 16.0 Å². The van der Waals surface area contributed by atoms with E-state index >= 15 is 0 Å². The average Bonchev–Trinajstić information content (AvgIpc) is 2.42. The smallest absolute Gasteiger partial charge is 0.307 e. The van der Waals surface area contributed by atoms with Gasteiger partial charge in [-0.25, -0.2) is 0 Å². The molecule has 112 valence electrons. The van der Waals surface area contributed by atoms with Gasteiger partial charge in [-0.05, 0) is 49.6 Å². The largest absolute Gasteiger partial charge is 0.496 e. The minimum atomic E-state index is -0.196. The number of hydrogen-bond acceptors (Lipinski definition) is 4. The van der Waals surface area contributed by atoms with Gasteiger partial charge in [0.15, 0.2) is 0 Å². The van der Waals surface area contributed by atoms with Crippen molar-refractivity contribution in [3.05, 3.63) is 28.8 Å². The van der Waals surface area contributed by atoms with E-state index in [0.717, 1.165) is 24.3 Å². The first-order chi connectivity index (χ1) is 9.51. The first-order valence-electron chi connectivity index (χ1n) is 6.96. The predicted molar refractivity (Wildman–Crippen MR) is 80.3 cm³/mol. The first-order valence-corrected chi connectivity index (χ1v) is 6.96. The molecule has 0 aliphatic rings. The Bertz CT molecular complexity index is 457. The topological polar surface area (TPSA) is 47.6 Å². The number of nitrogens with one attached hydrogen (secondary N) is 1. The fourth-order valence-electron chi connectivity index (χ4n) is 2.25. The molecule has 1 rings (SSSR count). The molecule has 0 saturated carbocycles. The number of likely N-dealkylation sites (N-methyl/N-ethyl adjacent to an activating group) is 1. The number of esters is 1. The number of ether oxygens (including phenoxy) is 2. The van der Waals surface area contributed by atoms with Gasteiger partial charge in [-0.2, -0.15) is 0 Å². The summed E-state index contributed by atoms with van der Waals surface area (Å²) in [7, 11) is 3.10. The average molecular weight is 279 g/mol. The monoisotopic (exact) mass is 279 g/mol. The molecule has 0 amide bonds. The lowest BCUT2D eigenvalue weighted by Crippen LogP contribution is -2.33. The van der Waals surface area contributed by atoms with Gasteiger partial charge in [0.05, 0.1) is 20.6 Å². The lowest BCUT2D eigenvalue weighted by atomic mass is 9.98. The van der Waals surface area contributed by atoms with Crippen molar-refractivity contribution in [1.29, 1.82) is 0 Å². The summed E-state index contributed by atoms with van der Waals surface area (Å²) < 4.78 is 10.2. The van der Waals surface area contributed by atoms with Crippen LogP contribution in [0.4, 0.5) is 0 Å². The molecule has 20 heavy (non-hydrogen) atoms. The van der Waals surface area contributed by atoms with Crippen LogP contribution in [-0.4, -0.2) is 32.8 Å². The van der Waals surface area contributed by atoms with E-state index in [1.165, 1.54) is 18.2 Å². The number of carbonyl (C=O) groups is 1. The molecule has 0 saturated heterocycles. The highest BCUT2D eigenvalue weighted by molar-refractivity contribution is 5.70. The van der Waals surface area contributed by atoms with Crippen LogP contribution < -0.4 is 10.1 Å². The maximum absolute atomic E-state index is 11.5. The molecule has 0 spiro atoms. The van der Waals surface area contributed by atoms with Crippen LogP contribution in [0.15, 0.2) is 12.1 Å². The second-order valence-electron chi connectivity index (χ2n) is 4.99. The number of aryl methyl sites for hydroxylation is 2. The maximum atomic E-state index is 11.5. The van der Waals surface area contributed by atoms with Crippen LogP contribution in [0.1, 0.15) is 30.0 Å². The quantitative estimate of drug-likeness (QED) is 0.779. The summed E-state index contributed by atoms with van der Waals surface area (Å²) in [5.41, 5.74) is 3.55. The van der Waals surface area contributed by atoms with Crippen molar-refractivity contribution < 1.29 is 14.3 Å². The Balaban J connectivity index is 2.92. The second-order valence-corrected chi connectivity index (χ2v) is 4.99. The van der Waals surface area contributed by atoms with E-state index in [-0.39, 0.29) is 12.0 Å². The summed E-state index contributed by atoms with van der Waals surface area (Å²) in [4.78, 5) is 11.5. The van der Waals surface area contributed by atoms with Crippen LogP contribution in [0.3, 0.4) is 0 Å². The number of hydrogen-bond donors (Lipinski definition) is 1. The SMILES string of the molecule is CCNC(CC(=O)OC)Cc1cc(C)c(C)cc1OC. The van der Waals surface area contributed by atoms with Crippen LogP contribution in [0.2, 0.25) is 0 Å². The molecule has 1 aromatic carbocycles. The van der Waals surface area contributed by atoms with Gasteiger partial charge >= 0.3 is 5.97 Å². The Labute approximate surface area is 121 Å². The Kier molecular flexibility index (Phi) is 6.52. The zero-order valence-corrected chi connectivity index (χ0v) is 13.1. The van der Waals surface area contributed by atoms with Crippen LogP contribution in [0.5, 0.6) is 5.75 Å². The minimum absolute atomic E-state index is 0.0588. The molecule has 0 fully saturated rings. The molecular formula is C16H25NO3. The van der Waals surface area contributed by atoms with Crippen molar-refractivity contribution in [2.45, 2.75) is 39.7 Å². The fraction of sp³-hybridized carbons (Fsp3) is 0.562. The zero-order chi connectivity index (χ0) is 15.1. The zero-order valence-electron chi connectivity index (χ0n) is 13.1. The van der Waals surface area contributed by atoms with E-state index in [2.05, 4.69) is 25.2 Å². The predicted octanol–water partition coefficient (Wildman–Crippen LogP) is 2.40. The van der Waals surface area contributed by atoms with Crippen molar-refractivity contribution >= 4 is 5.97 Å². The molecule has 1 aromatic rings. The number of benzene rings is 1. The molecule has 4 heteroatoms. The normalized spacial score (nSPS) is 12.1. The van der Waals surface area contributed by atoms with E-state index in [1.54, 1.807) is 7.11 Å². The Morgan fingerprint density at radius 3 is 2.45 bits per heavy atom. The Morgan fingerprint density at radius 1 is 1.25 bits per heavy atom. The van der Waals surface area contributed by atoms with Crippen LogP contribution in [0, 0.1) is 13.8 Å². The van der Waals surface area contributed by atoms with Crippen molar-refractivity contribution in [3.63, 3.8) is 0 Å². The van der Waals surface area contributed by atoms with E-state index in [1.807, 2.05) is 13.0 Å². The summed E-state index contributed by atoms with van der Waals surface area (Å²) in [5.74, 6) is 0.680. The van der Waals surface area contributed by atoms with Gasteiger partial charge in [-0.3, -0.25) is 4.79 Å². The first kappa shape index (κ1) is 16.5. The van der Waals surface area contributed by atoms with Gasteiger partial charge in [0, 0.05) is 6.04 Å². The minimum Gasteiger partial charge on any atom is -0.496 e. The molecule has 1 unspecified atom stereocenters. The third-order valence-electron chi connectivity index (χ3n) is 3.50. The third kappa shape index (κ3) is 4.53. The lowest BCUT2D eigenvalue weighted by Gasteiger charge is -2.19. The molecule has 0 aliphatic carbocycles. The number of rotatable bonds is 7. The van der Waals surface area contributed by atoms with E-state index in [4.69, 9.17) is 9.47 Å². The summed E-state index contributed by atoms with van der Waals surface area (Å²) in [5, 5.41) is 3.33. The van der Waals surface area contributed by atoms with Gasteiger partial charge in [-0.15, -0.1) is 0 Å². The maximum Gasteiger partial charge on any atom is 0.307 e. The molecule has 1 atom stereocenters. The van der Waals surface area contributed by atoms with E-state index < -0.39 is 0 Å². The van der Waals surface area contributed by atoms with Gasteiger partial charge < -0.3 is 14.8 Å². The molecule has 4 nitrogen and oxygen atoms in total. The van der Waals surface area contributed by atoms with Gasteiger partial charge in [0.1, 0.15) is 5.75 Å². The Morgan fingerprint density at radius 2 is 1.90 bits per heavy atom. The summed E-state index contributed by atoms with van der Waals surface area (Å²) in [6, 6.07) is 4.24. The highest BCUT2D eigenvalue weighted by Gasteiger charge is 2.16. The molecule has 0 bridgehead atoms. The standard InChI is InChI=1S/C16H25NO3/c1-6-17-14(10-16(18)20-5)9-13-7-11(2)12(3)8-15(13)19-4/h7-8,14,17H,6,9-10H2,1-5H3. The van der Waals surface area contributed by atoms with E-state index in [0.29, 0.717) is 6.42 Å².